The van der Waals surface area contributed by atoms with Gasteiger partial charge < -0.3 is 14.8 Å². The molecule has 5 N–H and O–H groups in total. The molecule has 0 amide bonds. The van der Waals surface area contributed by atoms with Crippen LogP contribution in [0.1, 0.15) is 37.9 Å². The SMILES string of the molecule is NS(=O)(=O)C1CCC(CCN(Cc2nccn2CC(=O)O)CC2NCCN2CC(=O)O)CC1. The number of hydrogen-bond acceptors (Lipinski definition) is 8. The quantitative estimate of drug-likeness (QED) is 0.297. The molecule has 186 valence electrons. The van der Waals surface area contributed by atoms with Gasteiger partial charge in [-0.1, -0.05) is 0 Å². The number of nitrogens with one attached hydrogen (secondary N) is 1. The summed E-state index contributed by atoms with van der Waals surface area (Å²) in [5.74, 6) is -0.801. The number of carboxylic acid groups (broad SMARTS) is 2. The van der Waals surface area contributed by atoms with Crippen LogP contribution in [-0.4, -0.2) is 94.1 Å². The molecule has 3 rings (SSSR count). The molecule has 1 atom stereocenters. The van der Waals surface area contributed by atoms with Crippen molar-refractivity contribution in [1.29, 1.82) is 0 Å². The van der Waals surface area contributed by atoms with Crippen molar-refractivity contribution in [1.82, 2.24) is 24.7 Å². The van der Waals surface area contributed by atoms with Gasteiger partial charge in [0.05, 0.1) is 24.5 Å². The molecule has 0 bridgehead atoms. The van der Waals surface area contributed by atoms with E-state index in [1.54, 1.807) is 17.0 Å². The predicted octanol–water partition coefficient (Wildman–Crippen LogP) is -0.677. The largest absolute Gasteiger partial charge is 0.480 e. The van der Waals surface area contributed by atoms with Gasteiger partial charge in [-0.05, 0) is 44.6 Å². The Morgan fingerprint density at radius 3 is 2.52 bits per heavy atom. The topological polar surface area (TPSA) is 171 Å². The zero-order chi connectivity index (χ0) is 24.0. The first-order valence-corrected chi connectivity index (χ1v) is 12.9. The molecule has 33 heavy (non-hydrogen) atoms. The highest BCUT2D eigenvalue weighted by atomic mass is 32.2. The molecule has 0 radical (unpaired) electrons. The number of carboxylic acids is 2. The minimum absolute atomic E-state index is 0.0449. The Kier molecular flexibility index (Phi) is 8.82. The van der Waals surface area contributed by atoms with Crippen LogP contribution in [0.15, 0.2) is 12.4 Å². The van der Waals surface area contributed by atoms with Crippen LogP contribution in [0.5, 0.6) is 0 Å². The van der Waals surface area contributed by atoms with E-state index in [2.05, 4.69) is 15.2 Å². The summed E-state index contributed by atoms with van der Waals surface area (Å²) in [6.45, 7) is 2.85. The Labute approximate surface area is 193 Å². The smallest absolute Gasteiger partial charge is 0.323 e. The summed E-state index contributed by atoms with van der Waals surface area (Å²) in [6, 6.07) is 0. The summed E-state index contributed by atoms with van der Waals surface area (Å²) in [4.78, 5) is 30.8. The number of aliphatic carboxylic acids is 2. The monoisotopic (exact) mass is 486 g/mol. The fraction of sp³-hybridized carbons (Fsp3) is 0.750. The molecule has 13 heteroatoms. The summed E-state index contributed by atoms with van der Waals surface area (Å²) >= 11 is 0. The fourth-order valence-corrected chi connectivity index (χ4v) is 5.71. The van der Waals surface area contributed by atoms with Crippen molar-refractivity contribution in [2.75, 3.05) is 32.7 Å². The number of primary sulfonamides is 1. The van der Waals surface area contributed by atoms with Gasteiger partial charge in [-0.15, -0.1) is 0 Å². The van der Waals surface area contributed by atoms with Crippen molar-refractivity contribution < 1.29 is 28.2 Å². The van der Waals surface area contributed by atoms with Crippen LogP contribution in [0.25, 0.3) is 0 Å². The zero-order valence-corrected chi connectivity index (χ0v) is 19.5. The molecule has 0 aromatic carbocycles. The number of nitrogens with zero attached hydrogens (tertiary/aromatic N) is 4. The van der Waals surface area contributed by atoms with Gasteiger partial charge >= 0.3 is 11.9 Å². The second-order valence-corrected chi connectivity index (χ2v) is 10.8. The average Bonchev–Trinajstić information content (AvgIpc) is 3.34. The molecular weight excluding hydrogens is 452 g/mol. The first-order chi connectivity index (χ1) is 15.6. The van der Waals surface area contributed by atoms with Gasteiger partial charge in [-0.3, -0.25) is 24.7 Å². The molecule has 1 saturated heterocycles. The van der Waals surface area contributed by atoms with Crippen LogP contribution in [-0.2, 0) is 32.7 Å². The van der Waals surface area contributed by atoms with Gasteiger partial charge in [0, 0.05) is 32.0 Å². The van der Waals surface area contributed by atoms with Gasteiger partial charge in [0.15, 0.2) is 0 Å². The lowest BCUT2D eigenvalue weighted by atomic mass is 9.86. The number of carbonyl (C=O) groups is 2. The van der Waals surface area contributed by atoms with Gasteiger partial charge in [0.2, 0.25) is 10.0 Å². The Bertz CT molecular complexity index is 914. The molecule has 2 heterocycles. The molecule has 1 aromatic rings. The highest BCUT2D eigenvalue weighted by Gasteiger charge is 2.30. The minimum Gasteiger partial charge on any atom is -0.480 e. The van der Waals surface area contributed by atoms with E-state index in [-0.39, 0.29) is 19.3 Å². The van der Waals surface area contributed by atoms with E-state index in [0.29, 0.717) is 57.3 Å². The maximum absolute atomic E-state index is 11.6. The third-order valence-electron chi connectivity index (χ3n) is 6.57. The second-order valence-electron chi connectivity index (χ2n) is 8.95. The van der Waals surface area contributed by atoms with Gasteiger partial charge in [-0.25, -0.2) is 18.5 Å². The lowest BCUT2D eigenvalue weighted by Crippen LogP contribution is -2.47. The number of nitrogens with two attached hydrogens (primary N) is 1. The first kappa shape index (κ1) is 25.6. The van der Waals surface area contributed by atoms with E-state index >= 15 is 0 Å². The molecule has 1 aliphatic carbocycles. The zero-order valence-electron chi connectivity index (χ0n) is 18.7. The van der Waals surface area contributed by atoms with E-state index in [1.807, 2.05) is 4.90 Å². The van der Waals surface area contributed by atoms with E-state index in [4.69, 9.17) is 10.2 Å². The number of sulfonamides is 1. The van der Waals surface area contributed by atoms with Crippen LogP contribution in [0.3, 0.4) is 0 Å². The Hall–Kier alpha value is -2.06. The van der Waals surface area contributed by atoms with Gasteiger partial charge in [-0.2, -0.15) is 0 Å². The third kappa shape index (κ3) is 7.74. The maximum atomic E-state index is 11.6. The maximum Gasteiger partial charge on any atom is 0.323 e. The van der Waals surface area contributed by atoms with Crippen LogP contribution in [0, 0.1) is 5.92 Å². The van der Waals surface area contributed by atoms with E-state index in [0.717, 1.165) is 19.3 Å². The molecular formula is C20H34N6O6S. The lowest BCUT2D eigenvalue weighted by Gasteiger charge is -2.32. The van der Waals surface area contributed by atoms with E-state index in [9.17, 15) is 23.1 Å². The number of aromatic nitrogens is 2. The molecule has 2 fully saturated rings. The lowest BCUT2D eigenvalue weighted by molar-refractivity contribution is -0.139. The molecule has 0 spiro atoms. The first-order valence-electron chi connectivity index (χ1n) is 11.3. The highest BCUT2D eigenvalue weighted by Crippen LogP contribution is 2.30. The molecule has 1 aromatic heterocycles. The Balaban J connectivity index is 1.63. The standard InChI is InChI=1S/C20H34N6O6S/c21-33(31,32)16-3-1-15(2-4-16)5-8-24(11-17-22-6-9-25(17)13-19(27)28)12-18-23-7-10-26(18)14-20(29)30/h6,9,15-16,18,23H,1-5,7-8,10-14H2,(H,27,28)(H,29,30)(H2,21,31,32). The van der Waals surface area contributed by atoms with Crippen molar-refractivity contribution >= 4 is 22.0 Å². The average molecular weight is 487 g/mol. The van der Waals surface area contributed by atoms with Crippen molar-refractivity contribution in [3.63, 3.8) is 0 Å². The summed E-state index contributed by atoms with van der Waals surface area (Å²) in [5, 5.41) is 26.6. The molecule has 1 aliphatic heterocycles. The van der Waals surface area contributed by atoms with Gasteiger partial charge in [0.1, 0.15) is 12.4 Å². The Morgan fingerprint density at radius 2 is 1.88 bits per heavy atom. The summed E-state index contributed by atoms with van der Waals surface area (Å²) in [5.41, 5.74) is 0. The van der Waals surface area contributed by atoms with E-state index < -0.39 is 27.2 Å². The second kappa shape index (κ2) is 11.4. The number of hydrogen-bond donors (Lipinski definition) is 4. The molecule has 1 saturated carbocycles. The van der Waals surface area contributed by atoms with Gasteiger partial charge in [0.25, 0.3) is 0 Å². The predicted molar refractivity (Wildman–Crippen MR) is 120 cm³/mol. The summed E-state index contributed by atoms with van der Waals surface area (Å²) < 4.78 is 24.8. The fourth-order valence-electron chi connectivity index (χ4n) is 4.78. The van der Waals surface area contributed by atoms with Crippen molar-refractivity contribution in [3.05, 3.63) is 18.2 Å². The van der Waals surface area contributed by atoms with Crippen molar-refractivity contribution in [2.24, 2.45) is 11.1 Å². The normalized spacial score (nSPS) is 24.4. The highest BCUT2D eigenvalue weighted by molar-refractivity contribution is 7.89. The number of rotatable bonds is 12. The molecule has 1 unspecified atom stereocenters. The molecule has 2 aliphatic rings. The summed E-state index contributed by atoms with van der Waals surface area (Å²) in [6.07, 6.45) is 6.71. The number of imidazole rings is 1. The van der Waals surface area contributed by atoms with Crippen LogP contribution >= 0.6 is 0 Å². The molecule has 12 nitrogen and oxygen atoms in total. The van der Waals surface area contributed by atoms with Crippen LogP contribution < -0.4 is 10.5 Å². The summed E-state index contributed by atoms with van der Waals surface area (Å²) in [7, 11) is -3.49. The van der Waals surface area contributed by atoms with Crippen LogP contribution in [0.2, 0.25) is 0 Å². The van der Waals surface area contributed by atoms with E-state index in [1.165, 1.54) is 0 Å². The minimum atomic E-state index is -3.49. The van der Waals surface area contributed by atoms with Crippen LogP contribution in [0.4, 0.5) is 0 Å². The third-order valence-corrected chi connectivity index (χ3v) is 7.97. The Morgan fingerprint density at radius 1 is 1.18 bits per heavy atom. The van der Waals surface area contributed by atoms with Crippen molar-refractivity contribution in [3.8, 4) is 0 Å². The van der Waals surface area contributed by atoms with Crippen molar-refractivity contribution in [2.45, 2.75) is 56.6 Å².